The van der Waals surface area contributed by atoms with Crippen LogP contribution < -0.4 is 5.32 Å². The van der Waals surface area contributed by atoms with Crippen LogP contribution in [0.4, 0.5) is 13.2 Å². The van der Waals surface area contributed by atoms with E-state index in [1.807, 2.05) is 0 Å². The predicted molar refractivity (Wildman–Crippen MR) is 44.6 cm³/mol. The van der Waals surface area contributed by atoms with Crippen LogP contribution in [0, 0.1) is 0 Å². The Hall–Kier alpha value is -0.290. The van der Waals surface area contributed by atoms with Gasteiger partial charge in [0.15, 0.2) is 0 Å². The molecule has 0 saturated carbocycles. The number of nitrogens with zero attached hydrogens (tertiary/aromatic N) is 1. The third-order valence-corrected chi connectivity index (χ3v) is 2.34. The maximum absolute atomic E-state index is 12.1. The highest BCUT2D eigenvalue weighted by Crippen LogP contribution is 2.19. The Labute approximate surface area is 76.1 Å². The Morgan fingerprint density at radius 1 is 1.46 bits per heavy atom. The minimum Gasteiger partial charge on any atom is -0.315 e. The number of nitrogens with one attached hydrogen (secondary N) is 1. The van der Waals surface area contributed by atoms with Crippen molar-refractivity contribution in [3.63, 3.8) is 0 Å². The predicted octanol–water partition coefficient (Wildman–Crippen LogP) is 1.23. The Kier molecular flexibility index (Phi) is 3.55. The average Bonchev–Trinajstić information content (AvgIpc) is 2.50. The highest BCUT2D eigenvalue weighted by molar-refractivity contribution is 4.81. The molecule has 5 heteroatoms. The topological polar surface area (TPSA) is 15.3 Å². The van der Waals surface area contributed by atoms with Gasteiger partial charge in [-0.05, 0) is 19.5 Å². The Morgan fingerprint density at radius 2 is 2.15 bits per heavy atom. The van der Waals surface area contributed by atoms with Gasteiger partial charge >= 0.3 is 6.18 Å². The van der Waals surface area contributed by atoms with Crippen molar-refractivity contribution in [2.45, 2.75) is 25.6 Å². The zero-order valence-electron chi connectivity index (χ0n) is 7.69. The molecule has 0 radical (unpaired) electrons. The Morgan fingerprint density at radius 3 is 2.54 bits per heavy atom. The summed E-state index contributed by atoms with van der Waals surface area (Å²) in [6.07, 6.45) is -3.25. The van der Waals surface area contributed by atoms with Gasteiger partial charge in [0.2, 0.25) is 0 Å². The van der Waals surface area contributed by atoms with Gasteiger partial charge in [0.05, 0.1) is 6.54 Å². The standard InChI is InChI=1S/C8H15F3N2/c1-2-13(6-8(9,10)11)7-3-4-12-5-7/h7,12H,2-6H2,1H3. The van der Waals surface area contributed by atoms with Gasteiger partial charge in [-0.3, -0.25) is 4.90 Å². The lowest BCUT2D eigenvalue weighted by Crippen LogP contribution is -2.42. The lowest BCUT2D eigenvalue weighted by molar-refractivity contribution is -0.149. The van der Waals surface area contributed by atoms with Gasteiger partial charge in [-0.2, -0.15) is 13.2 Å². The lowest BCUT2D eigenvalue weighted by atomic mass is 10.2. The first-order chi connectivity index (χ1) is 6.03. The smallest absolute Gasteiger partial charge is 0.315 e. The molecule has 1 aliphatic heterocycles. The van der Waals surface area contributed by atoms with Crippen LogP contribution in [0.1, 0.15) is 13.3 Å². The molecule has 0 spiro atoms. The normalized spacial score (nSPS) is 24.2. The van der Waals surface area contributed by atoms with Crippen molar-refractivity contribution in [2.24, 2.45) is 0 Å². The SMILES string of the molecule is CCN(CC(F)(F)F)C1CCNC1. The molecule has 1 atom stereocenters. The molecule has 0 aromatic heterocycles. The number of halogens is 3. The van der Waals surface area contributed by atoms with Gasteiger partial charge < -0.3 is 5.32 Å². The fourth-order valence-corrected chi connectivity index (χ4v) is 1.68. The number of hydrogen-bond acceptors (Lipinski definition) is 2. The second-order valence-corrected chi connectivity index (χ2v) is 3.32. The van der Waals surface area contributed by atoms with Gasteiger partial charge in [-0.1, -0.05) is 6.92 Å². The van der Waals surface area contributed by atoms with Crippen molar-refractivity contribution >= 4 is 0 Å². The Bertz CT molecular complexity index is 152. The number of rotatable bonds is 3. The van der Waals surface area contributed by atoms with Crippen LogP contribution in [0.25, 0.3) is 0 Å². The van der Waals surface area contributed by atoms with Gasteiger partial charge in [-0.25, -0.2) is 0 Å². The van der Waals surface area contributed by atoms with E-state index in [1.165, 1.54) is 4.90 Å². The molecule has 1 saturated heterocycles. The second-order valence-electron chi connectivity index (χ2n) is 3.32. The minimum absolute atomic E-state index is 0.0617. The van der Waals surface area contributed by atoms with Crippen molar-refractivity contribution in [2.75, 3.05) is 26.2 Å². The fraction of sp³-hybridized carbons (Fsp3) is 1.00. The van der Waals surface area contributed by atoms with Crippen molar-refractivity contribution in [3.05, 3.63) is 0 Å². The summed E-state index contributed by atoms with van der Waals surface area (Å²) in [5, 5.41) is 3.06. The maximum atomic E-state index is 12.1. The monoisotopic (exact) mass is 196 g/mol. The molecule has 13 heavy (non-hydrogen) atoms. The zero-order valence-corrected chi connectivity index (χ0v) is 7.69. The summed E-state index contributed by atoms with van der Waals surface area (Å²) in [4.78, 5) is 1.49. The summed E-state index contributed by atoms with van der Waals surface area (Å²) in [5.41, 5.74) is 0. The molecule has 78 valence electrons. The molecule has 1 fully saturated rings. The third-order valence-electron chi connectivity index (χ3n) is 2.34. The molecule has 0 aliphatic carbocycles. The van der Waals surface area contributed by atoms with E-state index in [9.17, 15) is 13.2 Å². The summed E-state index contributed by atoms with van der Waals surface area (Å²) < 4.78 is 36.3. The van der Waals surface area contributed by atoms with E-state index in [0.717, 1.165) is 13.0 Å². The molecule has 1 N–H and O–H groups in total. The zero-order chi connectivity index (χ0) is 9.90. The van der Waals surface area contributed by atoms with Crippen LogP contribution in [0.3, 0.4) is 0 Å². The van der Waals surface area contributed by atoms with Crippen LogP contribution in [0.2, 0.25) is 0 Å². The van der Waals surface area contributed by atoms with Crippen molar-refractivity contribution < 1.29 is 13.2 Å². The van der Waals surface area contributed by atoms with Crippen LogP contribution >= 0.6 is 0 Å². The molecule has 2 nitrogen and oxygen atoms in total. The van der Waals surface area contributed by atoms with E-state index in [1.54, 1.807) is 6.92 Å². The quantitative estimate of drug-likeness (QED) is 0.730. The largest absolute Gasteiger partial charge is 0.401 e. The van der Waals surface area contributed by atoms with E-state index in [4.69, 9.17) is 0 Å². The second kappa shape index (κ2) is 4.28. The van der Waals surface area contributed by atoms with Crippen LogP contribution in [-0.2, 0) is 0 Å². The van der Waals surface area contributed by atoms with Crippen molar-refractivity contribution in [3.8, 4) is 0 Å². The summed E-state index contributed by atoms with van der Waals surface area (Å²) in [6.45, 7) is 2.97. The molecule has 0 amide bonds. The molecule has 1 rings (SSSR count). The van der Waals surface area contributed by atoms with Crippen LogP contribution in [0.5, 0.6) is 0 Å². The van der Waals surface area contributed by atoms with Gasteiger partial charge in [0.25, 0.3) is 0 Å². The van der Waals surface area contributed by atoms with Gasteiger partial charge in [0, 0.05) is 12.6 Å². The van der Waals surface area contributed by atoms with E-state index in [0.29, 0.717) is 13.1 Å². The maximum Gasteiger partial charge on any atom is 0.401 e. The van der Waals surface area contributed by atoms with Gasteiger partial charge in [-0.15, -0.1) is 0 Å². The molecule has 0 bridgehead atoms. The molecule has 0 aromatic carbocycles. The molecule has 0 aromatic rings. The van der Waals surface area contributed by atoms with Crippen LogP contribution in [-0.4, -0.2) is 43.3 Å². The van der Waals surface area contributed by atoms with Gasteiger partial charge in [0.1, 0.15) is 0 Å². The fourth-order valence-electron chi connectivity index (χ4n) is 1.68. The highest BCUT2D eigenvalue weighted by Gasteiger charge is 2.33. The molecule has 1 unspecified atom stereocenters. The molecular formula is C8H15F3N2. The summed E-state index contributed by atoms with van der Waals surface area (Å²) in [6, 6.07) is 0.0617. The molecular weight excluding hydrogens is 181 g/mol. The summed E-state index contributed by atoms with van der Waals surface area (Å²) >= 11 is 0. The lowest BCUT2D eigenvalue weighted by Gasteiger charge is -2.27. The summed E-state index contributed by atoms with van der Waals surface area (Å²) in [7, 11) is 0. The first kappa shape index (κ1) is 10.8. The third kappa shape index (κ3) is 3.52. The summed E-state index contributed by atoms with van der Waals surface area (Å²) in [5.74, 6) is 0. The van der Waals surface area contributed by atoms with E-state index in [2.05, 4.69) is 5.32 Å². The highest BCUT2D eigenvalue weighted by atomic mass is 19.4. The minimum atomic E-state index is -4.07. The first-order valence-electron chi connectivity index (χ1n) is 4.54. The Balaban J connectivity index is 2.42. The number of hydrogen-bond donors (Lipinski definition) is 1. The number of alkyl halides is 3. The first-order valence-corrected chi connectivity index (χ1v) is 4.54. The van der Waals surface area contributed by atoms with Crippen LogP contribution in [0.15, 0.2) is 0 Å². The van der Waals surface area contributed by atoms with Crippen molar-refractivity contribution in [1.82, 2.24) is 10.2 Å². The van der Waals surface area contributed by atoms with E-state index >= 15 is 0 Å². The molecule has 1 aliphatic rings. The average molecular weight is 196 g/mol. The number of likely N-dealkylation sites (N-methyl/N-ethyl adjacent to an activating group) is 1. The van der Waals surface area contributed by atoms with E-state index < -0.39 is 12.7 Å². The molecule has 1 heterocycles. The van der Waals surface area contributed by atoms with E-state index in [-0.39, 0.29) is 6.04 Å². The van der Waals surface area contributed by atoms with Crippen molar-refractivity contribution in [1.29, 1.82) is 0 Å².